The Morgan fingerprint density at radius 1 is 0.897 bits per heavy atom. The lowest BCUT2D eigenvalue weighted by Crippen LogP contribution is -2.04. The molecule has 1 aromatic heterocycles. The van der Waals surface area contributed by atoms with E-state index < -0.39 is 0 Å². The normalized spacial score (nSPS) is 10.8. The van der Waals surface area contributed by atoms with Crippen molar-refractivity contribution in [2.24, 2.45) is 0 Å². The smallest absolute Gasteiger partial charge is 0.196 e. The van der Waals surface area contributed by atoms with Crippen LogP contribution in [0.15, 0.2) is 84.0 Å². The van der Waals surface area contributed by atoms with E-state index in [1.54, 1.807) is 18.2 Å². The van der Waals surface area contributed by atoms with Gasteiger partial charge in [0, 0.05) is 22.0 Å². The highest BCUT2D eigenvalue weighted by Gasteiger charge is 2.16. The van der Waals surface area contributed by atoms with Gasteiger partial charge in [0.05, 0.1) is 6.61 Å². The zero-order valence-corrected chi connectivity index (χ0v) is 16.9. The summed E-state index contributed by atoms with van der Waals surface area (Å²) in [5, 5.41) is 10.1. The zero-order valence-electron chi connectivity index (χ0n) is 15.3. The Morgan fingerprint density at radius 3 is 2.38 bits per heavy atom. The van der Waals surface area contributed by atoms with Crippen molar-refractivity contribution in [2.75, 3.05) is 12.4 Å². The second-order valence-corrected chi connectivity index (χ2v) is 7.61. The molecular weight excluding hydrogens is 409 g/mol. The fraction of sp³-hybridized carbons (Fsp3) is 0.0909. The lowest BCUT2D eigenvalue weighted by Gasteiger charge is -2.11. The molecule has 0 unspecified atom stereocenters. The van der Waals surface area contributed by atoms with E-state index in [9.17, 15) is 4.39 Å². The third kappa shape index (κ3) is 4.60. The lowest BCUT2D eigenvalue weighted by molar-refractivity contribution is 0.325. The second kappa shape index (κ2) is 9.11. The van der Waals surface area contributed by atoms with Crippen LogP contribution in [0.5, 0.6) is 5.75 Å². The van der Waals surface area contributed by atoms with Crippen molar-refractivity contribution in [3.8, 4) is 22.8 Å². The number of hydrogen-bond donors (Lipinski definition) is 0. The van der Waals surface area contributed by atoms with Crippen LogP contribution in [0, 0.1) is 5.82 Å². The van der Waals surface area contributed by atoms with E-state index in [1.165, 1.54) is 17.8 Å². The summed E-state index contributed by atoms with van der Waals surface area (Å²) >= 11 is 7.55. The van der Waals surface area contributed by atoms with Crippen molar-refractivity contribution in [3.05, 3.63) is 89.7 Å². The molecule has 0 aliphatic rings. The molecule has 29 heavy (non-hydrogen) atoms. The number of benzene rings is 3. The minimum atomic E-state index is -0.367. The number of ether oxygens (including phenoxy) is 1. The molecule has 0 radical (unpaired) electrons. The summed E-state index contributed by atoms with van der Waals surface area (Å²) in [6, 6.07) is 23.8. The maximum Gasteiger partial charge on any atom is 0.196 e. The average Bonchev–Trinajstić information content (AvgIpc) is 3.17. The van der Waals surface area contributed by atoms with Gasteiger partial charge >= 0.3 is 0 Å². The summed E-state index contributed by atoms with van der Waals surface area (Å²) in [6.45, 7) is 0.347. The van der Waals surface area contributed by atoms with Gasteiger partial charge in [-0.1, -0.05) is 65.8 Å². The first-order chi connectivity index (χ1) is 14.2. The van der Waals surface area contributed by atoms with E-state index in [0.29, 0.717) is 17.4 Å². The maximum absolute atomic E-state index is 13.7. The quantitative estimate of drug-likeness (QED) is 0.273. The van der Waals surface area contributed by atoms with Crippen LogP contribution in [-0.4, -0.2) is 27.1 Å². The second-order valence-electron chi connectivity index (χ2n) is 6.11. The van der Waals surface area contributed by atoms with Crippen molar-refractivity contribution in [1.82, 2.24) is 14.8 Å². The number of para-hydroxylation sites is 1. The first-order valence-corrected chi connectivity index (χ1v) is 10.4. The van der Waals surface area contributed by atoms with Gasteiger partial charge in [-0.2, -0.15) is 0 Å². The van der Waals surface area contributed by atoms with Crippen LogP contribution < -0.4 is 4.74 Å². The number of rotatable bonds is 7. The molecule has 4 aromatic rings. The predicted molar refractivity (Wildman–Crippen MR) is 114 cm³/mol. The lowest BCUT2D eigenvalue weighted by atomic mass is 10.2. The summed E-state index contributed by atoms with van der Waals surface area (Å²) < 4.78 is 21.2. The Morgan fingerprint density at radius 2 is 1.62 bits per heavy atom. The van der Waals surface area contributed by atoms with E-state index in [0.717, 1.165) is 22.2 Å². The topological polar surface area (TPSA) is 39.9 Å². The third-order valence-electron chi connectivity index (χ3n) is 4.16. The van der Waals surface area contributed by atoms with Gasteiger partial charge in [0.1, 0.15) is 0 Å². The summed E-state index contributed by atoms with van der Waals surface area (Å²) in [5.74, 6) is 1.21. The van der Waals surface area contributed by atoms with Crippen LogP contribution in [0.1, 0.15) is 0 Å². The van der Waals surface area contributed by atoms with Crippen LogP contribution in [0.25, 0.3) is 17.1 Å². The number of nitrogens with zero attached hydrogens (tertiary/aromatic N) is 3. The third-order valence-corrected chi connectivity index (χ3v) is 5.30. The Kier molecular flexibility index (Phi) is 6.12. The van der Waals surface area contributed by atoms with Gasteiger partial charge in [-0.25, -0.2) is 4.39 Å². The van der Waals surface area contributed by atoms with Crippen LogP contribution in [0.2, 0.25) is 5.02 Å². The minimum absolute atomic E-state index is 0.247. The molecule has 0 N–H and O–H groups in total. The number of thioether (sulfide) groups is 1. The van der Waals surface area contributed by atoms with Gasteiger partial charge in [0.15, 0.2) is 22.5 Å². The van der Waals surface area contributed by atoms with Gasteiger partial charge in [0.25, 0.3) is 0 Å². The molecule has 4 nitrogen and oxygen atoms in total. The molecule has 0 amide bonds. The maximum atomic E-state index is 13.7. The van der Waals surface area contributed by atoms with Crippen LogP contribution in [0.3, 0.4) is 0 Å². The van der Waals surface area contributed by atoms with Gasteiger partial charge in [0.2, 0.25) is 0 Å². The van der Waals surface area contributed by atoms with E-state index in [1.807, 2.05) is 59.2 Å². The standard InChI is InChI=1S/C22H17ClFN3OS/c23-17-10-12-18(13-11-17)27-21(16-6-2-1-3-7-16)25-26-22(27)29-15-14-28-20-9-5-4-8-19(20)24/h1-13H,14-15H2. The summed E-state index contributed by atoms with van der Waals surface area (Å²) in [5.41, 5.74) is 1.88. The van der Waals surface area contributed by atoms with E-state index in [2.05, 4.69) is 10.2 Å². The van der Waals surface area contributed by atoms with Crippen molar-refractivity contribution in [2.45, 2.75) is 5.16 Å². The molecule has 1 heterocycles. The molecule has 0 spiro atoms. The van der Waals surface area contributed by atoms with Crippen molar-refractivity contribution in [3.63, 3.8) is 0 Å². The van der Waals surface area contributed by atoms with E-state index in [-0.39, 0.29) is 11.6 Å². The van der Waals surface area contributed by atoms with Crippen LogP contribution in [-0.2, 0) is 0 Å². The minimum Gasteiger partial charge on any atom is -0.490 e. The molecule has 146 valence electrons. The van der Waals surface area contributed by atoms with E-state index >= 15 is 0 Å². The highest BCUT2D eigenvalue weighted by molar-refractivity contribution is 7.99. The molecule has 0 saturated heterocycles. The first-order valence-electron chi connectivity index (χ1n) is 8.99. The molecule has 0 fully saturated rings. The van der Waals surface area contributed by atoms with Gasteiger partial charge in [-0.15, -0.1) is 10.2 Å². The Bertz CT molecular complexity index is 1090. The SMILES string of the molecule is Fc1ccccc1OCCSc1nnc(-c2ccccc2)n1-c1ccc(Cl)cc1. The summed E-state index contributed by atoms with van der Waals surface area (Å²) in [6.07, 6.45) is 0. The zero-order chi connectivity index (χ0) is 20.1. The van der Waals surface area contributed by atoms with E-state index in [4.69, 9.17) is 16.3 Å². The van der Waals surface area contributed by atoms with Crippen molar-refractivity contribution < 1.29 is 9.13 Å². The van der Waals surface area contributed by atoms with Crippen molar-refractivity contribution in [1.29, 1.82) is 0 Å². The van der Waals surface area contributed by atoms with Crippen LogP contribution >= 0.6 is 23.4 Å². The number of hydrogen-bond acceptors (Lipinski definition) is 4. The molecule has 0 atom stereocenters. The van der Waals surface area contributed by atoms with Crippen LogP contribution in [0.4, 0.5) is 4.39 Å². The first kappa shape index (κ1) is 19.5. The molecule has 0 bridgehead atoms. The van der Waals surface area contributed by atoms with Gasteiger partial charge in [-0.3, -0.25) is 4.57 Å². The number of aromatic nitrogens is 3. The fourth-order valence-corrected chi connectivity index (χ4v) is 3.70. The highest BCUT2D eigenvalue weighted by atomic mass is 35.5. The number of halogens is 2. The molecule has 0 aliphatic heterocycles. The molecular formula is C22H17ClFN3OS. The van der Waals surface area contributed by atoms with Gasteiger partial charge < -0.3 is 4.74 Å². The summed E-state index contributed by atoms with van der Waals surface area (Å²) in [4.78, 5) is 0. The monoisotopic (exact) mass is 425 g/mol. The molecule has 0 aliphatic carbocycles. The average molecular weight is 426 g/mol. The molecule has 0 saturated carbocycles. The fourth-order valence-electron chi connectivity index (χ4n) is 2.81. The predicted octanol–water partition coefficient (Wildman–Crippen LogP) is 5.90. The van der Waals surface area contributed by atoms with Gasteiger partial charge in [-0.05, 0) is 36.4 Å². The molecule has 4 rings (SSSR count). The Hall–Kier alpha value is -2.83. The van der Waals surface area contributed by atoms with Crippen molar-refractivity contribution >= 4 is 23.4 Å². The molecule has 3 aromatic carbocycles. The Labute approximate surface area is 177 Å². The molecule has 7 heteroatoms. The summed E-state index contributed by atoms with van der Waals surface area (Å²) in [7, 11) is 0. The highest BCUT2D eigenvalue weighted by Crippen LogP contribution is 2.28. The largest absolute Gasteiger partial charge is 0.490 e. The Balaban J connectivity index is 1.56.